The summed E-state index contributed by atoms with van der Waals surface area (Å²) in [5.74, 6) is 1.24. The SMILES string of the molecule is Cc1cc(C)cc(OP(=O)(Oc2ccc3ccccc3c2)Oc2ccc3ccccc3c2)c1. The molecule has 0 unspecified atom stereocenters. The Kier molecular flexibility index (Phi) is 5.53. The molecule has 0 bridgehead atoms. The van der Waals surface area contributed by atoms with Crippen LogP contribution in [0.5, 0.6) is 17.2 Å². The van der Waals surface area contributed by atoms with Gasteiger partial charge < -0.3 is 13.6 Å². The van der Waals surface area contributed by atoms with Gasteiger partial charge in [-0.2, -0.15) is 4.57 Å². The van der Waals surface area contributed by atoms with Crippen molar-refractivity contribution in [1.29, 1.82) is 0 Å². The summed E-state index contributed by atoms with van der Waals surface area (Å²) in [7, 11) is -4.08. The van der Waals surface area contributed by atoms with E-state index in [2.05, 4.69) is 0 Å². The van der Waals surface area contributed by atoms with E-state index in [0.717, 1.165) is 32.7 Å². The molecule has 5 aromatic carbocycles. The standard InChI is InChI=1S/C28H23O4P/c1-20-15-21(2)17-28(16-20)32-33(29,30-26-13-11-22-7-3-5-9-24(22)18-26)31-27-14-12-23-8-4-6-10-25(23)19-27/h3-19H,1-2H3. The number of benzene rings is 5. The van der Waals surface area contributed by atoms with Crippen LogP contribution in [0.4, 0.5) is 0 Å². The van der Waals surface area contributed by atoms with Gasteiger partial charge >= 0.3 is 7.82 Å². The smallest absolute Gasteiger partial charge is 0.386 e. The van der Waals surface area contributed by atoms with Crippen LogP contribution in [0.25, 0.3) is 21.5 Å². The molecule has 0 heterocycles. The Labute approximate surface area is 193 Å². The highest BCUT2D eigenvalue weighted by molar-refractivity contribution is 7.49. The third-order valence-electron chi connectivity index (χ3n) is 5.29. The van der Waals surface area contributed by atoms with Crippen molar-refractivity contribution >= 4 is 29.4 Å². The van der Waals surface area contributed by atoms with Gasteiger partial charge in [-0.25, -0.2) is 0 Å². The van der Waals surface area contributed by atoms with Gasteiger partial charge in [-0.15, -0.1) is 0 Å². The zero-order chi connectivity index (χ0) is 22.8. The summed E-state index contributed by atoms with van der Waals surface area (Å²) >= 11 is 0. The van der Waals surface area contributed by atoms with E-state index in [4.69, 9.17) is 13.6 Å². The van der Waals surface area contributed by atoms with E-state index in [1.165, 1.54) is 0 Å². The fourth-order valence-electron chi connectivity index (χ4n) is 3.88. The van der Waals surface area contributed by atoms with Gasteiger partial charge in [-0.05, 0) is 82.9 Å². The van der Waals surface area contributed by atoms with E-state index < -0.39 is 7.82 Å². The quantitative estimate of drug-likeness (QED) is 0.242. The van der Waals surface area contributed by atoms with E-state index in [0.29, 0.717) is 17.2 Å². The summed E-state index contributed by atoms with van der Waals surface area (Å²) in [6.07, 6.45) is 0. The van der Waals surface area contributed by atoms with E-state index >= 15 is 0 Å². The zero-order valence-electron chi connectivity index (χ0n) is 18.4. The molecule has 5 aromatic rings. The van der Waals surface area contributed by atoms with Crippen LogP contribution < -0.4 is 13.6 Å². The number of rotatable bonds is 6. The van der Waals surface area contributed by atoms with Crippen molar-refractivity contribution in [3.8, 4) is 17.2 Å². The minimum absolute atomic E-state index is 0.405. The van der Waals surface area contributed by atoms with Gasteiger partial charge in [-0.1, -0.05) is 66.7 Å². The fourth-order valence-corrected chi connectivity index (χ4v) is 5.10. The van der Waals surface area contributed by atoms with Crippen molar-refractivity contribution in [1.82, 2.24) is 0 Å². The minimum Gasteiger partial charge on any atom is -0.386 e. The predicted octanol–water partition coefficient (Wildman–Crippen LogP) is 8.25. The number of hydrogen-bond donors (Lipinski definition) is 0. The summed E-state index contributed by atoms with van der Waals surface area (Å²) < 4.78 is 31.7. The van der Waals surface area contributed by atoms with Crippen LogP contribution in [-0.4, -0.2) is 0 Å². The molecule has 0 fully saturated rings. The van der Waals surface area contributed by atoms with Crippen molar-refractivity contribution in [2.24, 2.45) is 0 Å². The number of phosphoric ester groups is 1. The molecule has 0 aliphatic heterocycles. The zero-order valence-corrected chi connectivity index (χ0v) is 19.3. The number of aryl methyl sites for hydroxylation is 2. The molecule has 4 nitrogen and oxygen atoms in total. The second-order valence-corrected chi connectivity index (χ2v) is 9.50. The summed E-state index contributed by atoms with van der Waals surface area (Å²) in [5, 5.41) is 4.06. The molecule has 0 aliphatic carbocycles. The summed E-state index contributed by atoms with van der Waals surface area (Å²) in [6.45, 7) is 3.92. The molecule has 0 aromatic heterocycles. The van der Waals surface area contributed by atoms with E-state index in [1.54, 1.807) is 12.1 Å². The Hall–Kier alpha value is -3.75. The van der Waals surface area contributed by atoms with E-state index in [9.17, 15) is 4.57 Å². The van der Waals surface area contributed by atoms with Gasteiger partial charge in [0.05, 0.1) is 0 Å². The lowest BCUT2D eigenvalue weighted by atomic mass is 10.1. The molecule has 0 atom stereocenters. The van der Waals surface area contributed by atoms with Crippen molar-refractivity contribution in [2.45, 2.75) is 13.8 Å². The van der Waals surface area contributed by atoms with E-state index in [-0.39, 0.29) is 0 Å². The molecule has 0 N–H and O–H groups in total. The first-order valence-electron chi connectivity index (χ1n) is 10.7. The Morgan fingerprint density at radius 1 is 0.485 bits per heavy atom. The van der Waals surface area contributed by atoms with Crippen molar-refractivity contribution in [3.05, 3.63) is 114 Å². The van der Waals surface area contributed by atoms with Gasteiger partial charge in [0, 0.05) is 0 Å². The topological polar surface area (TPSA) is 44.8 Å². The molecular weight excluding hydrogens is 431 g/mol. The molecule has 0 aliphatic rings. The molecule has 0 amide bonds. The minimum atomic E-state index is -4.08. The first-order chi connectivity index (χ1) is 16.0. The number of fused-ring (bicyclic) bond motifs is 2. The molecule has 33 heavy (non-hydrogen) atoms. The van der Waals surface area contributed by atoms with Gasteiger partial charge in [-0.3, -0.25) is 0 Å². The highest BCUT2D eigenvalue weighted by Gasteiger charge is 2.33. The van der Waals surface area contributed by atoms with Crippen LogP contribution in [0.15, 0.2) is 103 Å². The van der Waals surface area contributed by atoms with Gasteiger partial charge in [0.15, 0.2) is 0 Å². The van der Waals surface area contributed by atoms with E-state index in [1.807, 2.05) is 105 Å². The van der Waals surface area contributed by atoms with Crippen molar-refractivity contribution in [2.75, 3.05) is 0 Å². The van der Waals surface area contributed by atoms with Crippen LogP contribution in [0, 0.1) is 13.8 Å². The summed E-state index contributed by atoms with van der Waals surface area (Å²) in [6, 6.07) is 32.5. The highest BCUT2D eigenvalue weighted by Crippen LogP contribution is 2.50. The maximum Gasteiger partial charge on any atom is 0.647 e. The van der Waals surface area contributed by atoms with Crippen LogP contribution in [-0.2, 0) is 4.57 Å². The Morgan fingerprint density at radius 3 is 1.39 bits per heavy atom. The average Bonchev–Trinajstić information content (AvgIpc) is 2.78. The Bertz CT molecular complexity index is 1400. The predicted molar refractivity (Wildman–Crippen MR) is 133 cm³/mol. The number of phosphoric acid groups is 1. The van der Waals surface area contributed by atoms with Gasteiger partial charge in [0.25, 0.3) is 0 Å². The third kappa shape index (κ3) is 4.87. The fraction of sp³-hybridized carbons (Fsp3) is 0.0714. The second kappa shape index (κ2) is 8.65. The first kappa shape index (κ1) is 21.1. The lowest BCUT2D eigenvalue weighted by Crippen LogP contribution is -2.08. The Morgan fingerprint density at radius 2 is 0.909 bits per heavy atom. The lowest BCUT2D eigenvalue weighted by molar-refractivity contribution is 0.298. The molecule has 164 valence electrons. The largest absolute Gasteiger partial charge is 0.647 e. The van der Waals surface area contributed by atoms with Crippen LogP contribution >= 0.6 is 7.82 Å². The van der Waals surface area contributed by atoms with Gasteiger partial charge in [0.1, 0.15) is 17.2 Å². The first-order valence-corrected chi connectivity index (χ1v) is 12.2. The van der Waals surface area contributed by atoms with Crippen LogP contribution in [0.1, 0.15) is 11.1 Å². The molecule has 5 heteroatoms. The normalized spacial score (nSPS) is 11.5. The summed E-state index contributed by atoms with van der Waals surface area (Å²) in [4.78, 5) is 0. The summed E-state index contributed by atoms with van der Waals surface area (Å²) in [5.41, 5.74) is 1.99. The molecule has 0 radical (unpaired) electrons. The molecule has 0 saturated carbocycles. The average molecular weight is 454 g/mol. The van der Waals surface area contributed by atoms with Crippen LogP contribution in [0.2, 0.25) is 0 Å². The third-order valence-corrected chi connectivity index (χ3v) is 6.59. The highest BCUT2D eigenvalue weighted by atomic mass is 31.2. The maximum atomic E-state index is 13.9. The van der Waals surface area contributed by atoms with Crippen molar-refractivity contribution < 1.29 is 18.1 Å². The molecular formula is C28H23O4P. The monoisotopic (exact) mass is 454 g/mol. The number of hydrogen-bond acceptors (Lipinski definition) is 4. The second-order valence-electron chi connectivity index (χ2n) is 8.06. The Balaban J connectivity index is 1.52. The van der Waals surface area contributed by atoms with Gasteiger partial charge in [0.2, 0.25) is 0 Å². The van der Waals surface area contributed by atoms with Crippen molar-refractivity contribution in [3.63, 3.8) is 0 Å². The lowest BCUT2D eigenvalue weighted by Gasteiger charge is -2.20. The maximum absolute atomic E-state index is 13.9. The molecule has 0 saturated heterocycles. The van der Waals surface area contributed by atoms with Crippen LogP contribution in [0.3, 0.4) is 0 Å². The molecule has 0 spiro atoms. The molecule has 5 rings (SSSR count).